The molecule has 0 bridgehead atoms. The number of benzene rings is 1. The fourth-order valence-corrected chi connectivity index (χ4v) is 1.62. The van der Waals surface area contributed by atoms with Crippen molar-refractivity contribution < 1.29 is 19.4 Å². The highest BCUT2D eigenvalue weighted by Crippen LogP contribution is 2.18. The van der Waals surface area contributed by atoms with Crippen LogP contribution in [0, 0.1) is 11.3 Å². The van der Waals surface area contributed by atoms with E-state index in [9.17, 15) is 9.59 Å². The summed E-state index contributed by atoms with van der Waals surface area (Å²) < 4.78 is 4.85. The van der Waals surface area contributed by atoms with Crippen LogP contribution in [0.15, 0.2) is 18.2 Å². The van der Waals surface area contributed by atoms with E-state index >= 15 is 0 Å². The quantitative estimate of drug-likeness (QED) is 0.804. The number of carboxylic acids is 1. The lowest BCUT2D eigenvalue weighted by Crippen LogP contribution is -2.14. The van der Waals surface area contributed by atoms with Gasteiger partial charge in [0.15, 0.2) is 0 Å². The Hall–Kier alpha value is -2.35. The van der Waals surface area contributed by atoms with Crippen LogP contribution < -0.4 is 0 Å². The largest absolute Gasteiger partial charge is 0.478 e. The van der Waals surface area contributed by atoms with Gasteiger partial charge < -0.3 is 9.84 Å². The van der Waals surface area contributed by atoms with Crippen molar-refractivity contribution in [3.63, 3.8) is 0 Å². The van der Waals surface area contributed by atoms with Crippen LogP contribution in [0.25, 0.3) is 0 Å². The monoisotopic (exact) mass is 247 g/mol. The number of esters is 1. The number of nitrogens with zero attached hydrogens (tertiary/aromatic N) is 1. The molecule has 0 saturated heterocycles. The van der Waals surface area contributed by atoms with Crippen LogP contribution in [0.5, 0.6) is 0 Å². The zero-order valence-electron chi connectivity index (χ0n) is 9.97. The molecule has 1 N–H and O–H groups in total. The summed E-state index contributed by atoms with van der Waals surface area (Å²) in [6, 6.07) is 6.50. The molecule has 0 amide bonds. The van der Waals surface area contributed by atoms with E-state index in [4.69, 9.17) is 15.1 Å². The van der Waals surface area contributed by atoms with Crippen LogP contribution in [0.2, 0.25) is 0 Å². The van der Waals surface area contributed by atoms with E-state index in [1.54, 1.807) is 19.1 Å². The Bertz CT molecular complexity index is 502. The van der Waals surface area contributed by atoms with E-state index in [2.05, 4.69) is 0 Å². The molecule has 0 atom stereocenters. The first-order valence-corrected chi connectivity index (χ1v) is 5.51. The average molecular weight is 247 g/mol. The van der Waals surface area contributed by atoms with Crippen LogP contribution in [0.3, 0.4) is 0 Å². The van der Waals surface area contributed by atoms with Gasteiger partial charge in [-0.1, -0.05) is 12.1 Å². The van der Waals surface area contributed by atoms with E-state index in [1.165, 1.54) is 6.07 Å². The molecule has 0 radical (unpaired) electrons. The predicted molar refractivity (Wildman–Crippen MR) is 63.3 cm³/mol. The SMILES string of the molecule is CCOC(=O)c1c(CCC#N)cccc1C(=O)O. The lowest BCUT2D eigenvalue weighted by molar-refractivity contribution is 0.0513. The molecular weight excluding hydrogens is 234 g/mol. The maximum atomic E-state index is 11.8. The van der Waals surface area contributed by atoms with Gasteiger partial charge in [0.2, 0.25) is 0 Å². The van der Waals surface area contributed by atoms with Gasteiger partial charge in [-0.3, -0.25) is 0 Å². The first-order valence-electron chi connectivity index (χ1n) is 5.51. The molecule has 0 saturated carbocycles. The number of carboxylic acid groups (broad SMARTS) is 1. The van der Waals surface area contributed by atoms with E-state index in [-0.39, 0.29) is 24.2 Å². The second-order valence-corrected chi connectivity index (χ2v) is 3.52. The summed E-state index contributed by atoms with van der Waals surface area (Å²) in [6.45, 7) is 1.82. The molecule has 1 rings (SSSR count). The Balaban J connectivity index is 3.25. The maximum absolute atomic E-state index is 11.8. The van der Waals surface area contributed by atoms with Crippen molar-refractivity contribution in [1.29, 1.82) is 5.26 Å². The molecule has 5 heteroatoms. The summed E-state index contributed by atoms with van der Waals surface area (Å²) in [6.07, 6.45) is 0.543. The van der Waals surface area contributed by atoms with Gasteiger partial charge in [-0.05, 0) is 25.0 Å². The molecule has 0 fully saturated rings. The third-order valence-electron chi connectivity index (χ3n) is 2.37. The molecule has 0 aliphatic rings. The lowest BCUT2D eigenvalue weighted by Gasteiger charge is -2.10. The van der Waals surface area contributed by atoms with Crippen molar-refractivity contribution in [2.24, 2.45) is 0 Å². The first kappa shape index (κ1) is 13.7. The molecular formula is C13H13NO4. The zero-order valence-corrected chi connectivity index (χ0v) is 9.97. The number of hydrogen-bond donors (Lipinski definition) is 1. The number of aryl methyl sites for hydroxylation is 1. The van der Waals surface area contributed by atoms with Crippen LogP contribution in [-0.4, -0.2) is 23.7 Å². The number of ether oxygens (including phenoxy) is 1. The summed E-state index contributed by atoms with van der Waals surface area (Å²) in [7, 11) is 0. The van der Waals surface area contributed by atoms with E-state index in [0.717, 1.165) is 0 Å². The summed E-state index contributed by atoms with van der Waals surface area (Å²) in [4.78, 5) is 22.9. The van der Waals surface area contributed by atoms with Gasteiger partial charge >= 0.3 is 11.9 Å². The minimum Gasteiger partial charge on any atom is -0.478 e. The second-order valence-electron chi connectivity index (χ2n) is 3.52. The Morgan fingerprint density at radius 1 is 1.44 bits per heavy atom. The third kappa shape index (κ3) is 3.08. The standard InChI is InChI=1S/C13H13NO4/c1-2-18-13(17)11-9(6-4-8-14)5-3-7-10(11)12(15)16/h3,5,7H,2,4,6H2,1H3,(H,15,16). The Labute approximate surface area is 105 Å². The van der Waals surface area contributed by atoms with Crippen LogP contribution >= 0.6 is 0 Å². The molecule has 1 aromatic rings. The lowest BCUT2D eigenvalue weighted by atomic mass is 9.98. The second kappa shape index (κ2) is 6.40. The minimum absolute atomic E-state index is 0.0436. The molecule has 0 aromatic heterocycles. The first-order chi connectivity index (χ1) is 8.61. The van der Waals surface area contributed by atoms with Crippen LogP contribution in [0.1, 0.15) is 39.6 Å². The molecule has 5 nitrogen and oxygen atoms in total. The molecule has 0 unspecified atom stereocenters. The molecule has 0 spiro atoms. The molecule has 0 aliphatic heterocycles. The summed E-state index contributed by atoms with van der Waals surface area (Å²) >= 11 is 0. The molecule has 18 heavy (non-hydrogen) atoms. The van der Waals surface area contributed by atoms with Crippen molar-refractivity contribution >= 4 is 11.9 Å². The molecule has 0 heterocycles. The van der Waals surface area contributed by atoms with Gasteiger partial charge in [-0.15, -0.1) is 0 Å². The number of hydrogen-bond acceptors (Lipinski definition) is 4. The van der Waals surface area contributed by atoms with E-state index < -0.39 is 11.9 Å². The zero-order chi connectivity index (χ0) is 13.5. The molecule has 0 aliphatic carbocycles. The Kier molecular flexibility index (Phi) is 4.88. The van der Waals surface area contributed by atoms with Crippen LogP contribution in [-0.2, 0) is 11.2 Å². The van der Waals surface area contributed by atoms with Gasteiger partial charge in [-0.2, -0.15) is 5.26 Å². The topological polar surface area (TPSA) is 87.4 Å². The molecule has 1 aromatic carbocycles. The highest BCUT2D eigenvalue weighted by Gasteiger charge is 2.21. The summed E-state index contributed by atoms with van der Waals surface area (Å²) in [5.74, 6) is -1.85. The van der Waals surface area contributed by atoms with Gasteiger partial charge in [0.05, 0.1) is 23.8 Å². The van der Waals surface area contributed by atoms with Crippen molar-refractivity contribution in [2.45, 2.75) is 19.8 Å². The van der Waals surface area contributed by atoms with Crippen LogP contribution in [0.4, 0.5) is 0 Å². The number of rotatable bonds is 5. The fraction of sp³-hybridized carbons (Fsp3) is 0.308. The fourth-order valence-electron chi connectivity index (χ4n) is 1.62. The average Bonchev–Trinajstić information content (AvgIpc) is 2.35. The molecule has 94 valence electrons. The highest BCUT2D eigenvalue weighted by molar-refractivity contribution is 6.03. The van der Waals surface area contributed by atoms with Crippen molar-refractivity contribution in [3.05, 3.63) is 34.9 Å². The number of nitriles is 1. The third-order valence-corrected chi connectivity index (χ3v) is 2.37. The Morgan fingerprint density at radius 2 is 2.17 bits per heavy atom. The summed E-state index contributed by atoms with van der Waals surface area (Å²) in [5, 5.41) is 17.6. The predicted octanol–water partition coefficient (Wildman–Crippen LogP) is 2.02. The normalized spacial score (nSPS) is 9.56. The van der Waals surface area contributed by atoms with Gasteiger partial charge in [0.25, 0.3) is 0 Å². The van der Waals surface area contributed by atoms with E-state index in [0.29, 0.717) is 12.0 Å². The van der Waals surface area contributed by atoms with Crippen molar-refractivity contribution in [3.8, 4) is 6.07 Å². The smallest absolute Gasteiger partial charge is 0.339 e. The number of carbonyl (C=O) groups is 2. The van der Waals surface area contributed by atoms with Gasteiger partial charge in [0, 0.05) is 6.42 Å². The maximum Gasteiger partial charge on any atom is 0.339 e. The number of aromatic carboxylic acids is 1. The summed E-state index contributed by atoms with van der Waals surface area (Å²) in [5.41, 5.74) is 0.473. The minimum atomic E-state index is -1.18. The highest BCUT2D eigenvalue weighted by atomic mass is 16.5. The van der Waals surface area contributed by atoms with E-state index in [1.807, 2.05) is 6.07 Å². The Morgan fingerprint density at radius 3 is 2.72 bits per heavy atom. The van der Waals surface area contributed by atoms with Crippen molar-refractivity contribution in [2.75, 3.05) is 6.61 Å². The van der Waals surface area contributed by atoms with Gasteiger partial charge in [0.1, 0.15) is 0 Å². The number of carbonyl (C=O) groups excluding carboxylic acids is 1. The van der Waals surface area contributed by atoms with Crippen molar-refractivity contribution in [1.82, 2.24) is 0 Å². The van der Waals surface area contributed by atoms with Gasteiger partial charge in [-0.25, -0.2) is 9.59 Å².